The largest absolute Gasteiger partial charge is 0.434 e. The van der Waals surface area contributed by atoms with Crippen molar-refractivity contribution in [3.05, 3.63) is 29.8 Å². The van der Waals surface area contributed by atoms with E-state index in [0.717, 1.165) is 13.0 Å². The molecule has 118 valence electrons. The van der Waals surface area contributed by atoms with E-state index in [1.54, 1.807) is 18.2 Å². The molecule has 1 aliphatic heterocycles. The lowest BCUT2D eigenvalue weighted by Gasteiger charge is -2.40. The lowest BCUT2D eigenvalue weighted by molar-refractivity contribution is -0.0541. The number of nitrogens with two attached hydrogens (primary N) is 1. The molecule has 2 unspecified atom stereocenters. The van der Waals surface area contributed by atoms with Gasteiger partial charge >= 0.3 is 6.61 Å². The van der Waals surface area contributed by atoms with Gasteiger partial charge in [0.15, 0.2) is 0 Å². The molecule has 4 nitrogen and oxygen atoms in total. The maximum Gasteiger partial charge on any atom is 0.387 e. The zero-order valence-corrected chi connectivity index (χ0v) is 12.2. The Hall–Kier alpha value is -1.24. The second-order valence-electron chi connectivity index (χ2n) is 5.04. The standard InChI is InChI=1S/C15H22F2N2O2/c1-2-11-10-20-8-7-19(11)13(9-18)12-5-3-4-6-14(12)21-15(16)17/h3-6,11,13,15H,2,7-10,18H2,1H3. The van der Waals surface area contributed by atoms with Gasteiger partial charge in [-0.25, -0.2) is 0 Å². The minimum Gasteiger partial charge on any atom is -0.434 e. The number of alkyl halides is 2. The van der Waals surface area contributed by atoms with Crippen LogP contribution in [0.2, 0.25) is 0 Å². The van der Waals surface area contributed by atoms with Crippen LogP contribution in [0.1, 0.15) is 24.9 Å². The van der Waals surface area contributed by atoms with Crippen LogP contribution < -0.4 is 10.5 Å². The molecule has 1 saturated heterocycles. The quantitative estimate of drug-likeness (QED) is 0.876. The molecule has 0 spiro atoms. The van der Waals surface area contributed by atoms with Crippen molar-refractivity contribution >= 4 is 0 Å². The molecule has 0 radical (unpaired) electrons. The lowest BCUT2D eigenvalue weighted by Crippen LogP contribution is -2.48. The predicted molar refractivity (Wildman–Crippen MR) is 76.5 cm³/mol. The zero-order chi connectivity index (χ0) is 15.2. The van der Waals surface area contributed by atoms with Gasteiger partial charge in [-0.1, -0.05) is 25.1 Å². The summed E-state index contributed by atoms with van der Waals surface area (Å²) in [5, 5.41) is 0. The van der Waals surface area contributed by atoms with Gasteiger partial charge in [0.1, 0.15) is 5.75 Å². The summed E-state index contributed by atoms with van der Waals surface area (Å²) in [6.45, 7) is 1.61. The number of hydrogen-bond donors (Lipinski definition) is 1. The van der Waals surface area contributed by atoms with Crippen LogP contribution in [0.15, 0.2) is 24.3 Å². The third kappa shape index (κ3) is 3.90. The van der Waals surface area contributed by atoms with E-state index < -0.39 is 6.61 Å². The first-order valence-electron chi connectivity index (χ1n) is 7.24. The molecule has 2 N–H and O–H groups in total. The van der Waals surface area contributed by atoms with Gasteiger partial charge in [-0.15, -0.1) is 0 Å². The van der Waals surface area contributed by atoms with Crippen LogP contribution in [0.5, 0.6) is 5.75 Å². The second-order valence-corrected chi connectivity index (χ2v) is 5.04. The second kappa shape index (κ2) is 7.68. The van der Waals surface area contributed by atoms with Gasteiger partial charge in [-0.2, -0.15) is 8.78 Å². The molecule has 0 amide bonds. The maximum absolute atomic E-state index is 12.6. The molecule has 2 rings (SSSR count). The highest BCUT2D eigenvalue weighted by atomic mass is 19.3. The average Bonchev–Trinajstić information content (AvgIpc) is 2.49. The summed E-state index contributed by atoms with van der Waals surface area (Å²) in [6.07, 6.45) is 0.925. The van der Waals surface area contributed by atoms with E-state index in [2.05, 4.69) is 16.6 Å². The number of nitrogens with zero attached hydrogens (tertiary/aromatic N) is 1. The summed E-state index contributed by atoms with van der Waals surface area (Å²) in [6, 6.07) is 6.97. The number of hydrogen-bond acceptors (Lipinski definition) is 4. The van der Waals surface area contributed by atoms with Crippen LogP contribution in [0.4, 0.5) is 8.78 Å². The van der Waals surface area contributed by atoms with Crippen molar-refractivity contribution in [2.24, 2.45) is 5.73 Å². The molecule has 0 aliphatic carbocycles. The lowest BCUT2D eigenvalue weighted by atomic mass is 10.0. The van der Waals surface area contributed by atoms with Gasteiger partial charge in [0, 0.05) is 24.7 Å². The van der Waals surface area contributed by atoms with Crippen LogP contribution in [-0.4, -0.2) is 43.9 Å². The Morgan fingerprint density at radius 2 is 2.19 bits per heavy atom. The van der Waals surface area contributed by atoms with Crippen LogP contribution in [-0.2, 0) is 4.74 Å². The minimum atomic E-state index is -2.84. The third-order valence-corrected chi connectivity index (χ3v) is 3.86. The summed E-state index contributed by atoms with van der Waals surface area (Å²) in [5.74, 6) is 0.198. The highest BCUT2D eigenvalue weighted by molar-refractivity contribution is 5.36. The van der Waals surface area contributed by atoms with Crippen molar-refractivity contribution in [2.45, 2.75) is 32.0 Å². The minimum absolute atomic E-state index is 0.145. The van der Waals surface area contributed by atoms with Gasteiger partial charge < -0.3 is 15.2 Å². The van der Waals surface area contributed by atoms with E-state index in [9.17, 15) is 8.78 Å². The highest BCUT2D eigenvalue weighted by Crippen LogP contribution is 2.32. The molecule has 1 aromatic carbocycles. The van der Waals surface area contributed by atoms with Crippen molar-refractivity contribution in [3.63, 3.8) is 0 Å². The van der Waals surface area contributed by atoms with Gasteiger partial charge in [-0.3, -0.25) is 4.90 Å². The Bertz CT molecular complexity index is 445. The molecule has 0 saturated carbocycles. The molecule has 1 aliphatic rings. The van der Waals surface area contributed by atoms with E-state index >= 15 is 0 Å². The number of para-hydroxylation sites is 1. The molecular formula is C15H22F2N2O2. The smallest absolute Gasteiger partial charge is 0.387 e. The first-order chi connectivity index (χ1) is 10.2. The topological polar surface area (TPSA) is 47.7 Å². The molecule has 1 aromatic rings. The van der Waals surface area contributed by atoms with Gasteiger partial charge in [0.05, 0.1) is 19.3 Å². The van der Waals surface area contributed by atoms with Crippen LogP contribution in [0.3, 0.4) is 0 Å². The summed E-state index contributed by atoms with van der Waals surface area (Å²) >= 11 is 0. The summed E-state index contributed by atoms with van der Waals surface area (Å²) in [4.78, 5) is 2.23. The summed E-state index contributed by atoms with van der Waals surface area (Å²) in [7, 11) is 0. The highest BCUT2D eigenvalue weighted by Gasteiger charge is 2.30. The van der Waals surface area contributed by atoms with E-state index in [1.165, 1.54) is 0 Å². The van der Waals surface area contributed by atoms with Crippen LogP contribution >= 0.6 is 0 Å². The number of rotatable bonds is 6. The summed E-state index contributed by atoms with van der Waals surface area (Å²) in [5.41, 5.74) is 6.64. The fourth-order valence-electron chi connectivity index (χ4n) is 2.83. The monoisotopic (exact) mass is 300 g/mol. The van der Waals surface area contributed by atoms with Crippen LogP contribution in [0.25, 0.3) is 0 Å². The van der Waals surface area contributed by atoms with Gasteiger partial charge in [0.2, 0.25) is 0 Å². The average molecular weight is 300 g/mol. The Morgan fingerprint density at radius 3 is 2.86 bits per heavy atom. The number of morpholine rings is 1. The van der Waals surface area contributed by atoms with Crippen molar-refractivity contribution < 1.29 is 18.3 Å². The maximum atomic E-state index is 12.6. The fraction of sp³-hybridized carbons (Fsp3) is 0.600. The van der Waals surface area contributed by atoms with E-state index in [4.69, 9.17) is 10.5 Å². The molecule has 0 bridgehead atoms. The Labute approximate surface area is 123 Å². The Balaban J connectivity index is 2.27. The van der Waals surface area contributed by atoms with E-state index in [-0.39, 0.29) is 17.8 Å². The fourth-order valence-corrected chi connectivity index (χ4v) is 2.83. The van der Waals surface area contributed by atoms with Crippen molar-refractivity contribution in [2.75, 3.05) is 26.3 Å². The first-order valence-corrected chi connectivity index (χ1v) is 7.24. The summed E-state index contributed by atoms with van der Waals surface area (Å²) < 4.78 is 35.3. The number of ether oxygens (including phenoxy) is 2. The van der Waals surface area contributed by atoms with Crippen molar-refractivity contribution in [1.82, 2.24) is 4.90 Å². The number of halogens is 2. The van der Waals surface area contributed by atoms with Crippen molar-refractivity contribution in [1.29, 1.82) is 0 Å². The van der Waals surface area contributed by atoms with Gasteiger partial charge in [0.25, 0.3) is 0 Å². The third-order valence-electron chi connectivity index (χ3n) is 3.86. The predicted octanol–water partition coefficient (Wildman–Crippen LogP) is 2.40. The van der Waals surface area contributed by atoms with E-state index in [0.29, 0.717) is 25.3 Å². The molecule has 2 atom stereocenters. The van der Waals surface area contributed by atoms with Crippen molar-refractivity contribution in [3.8, 4) is 5.75 Å². The molecule has 6 heteroatoms. The number of benzene rings is 1. The first kappa shape index (κ1) is 16.1. The van der Waals surface area contributed by atoms with Gasteiger partial charge in [-0.05, 0) is 12.5 Å². The SMILES string of the molecule is CCC1COCCN1C(CN)c1ccccc1OC(F)F. The molecular weight excluding hydrogens is 278 g/mol. The van der Waals surface area contributed by atoms with Crippen LogP contribution in [0, 0.1) is 0 Å². The Morgan fingerprint density at radius 1 is 1.43 bits per heavy atom. The zero-order valence-electron chi connectivity index (χ0n) is 12.2. The molecule has 0 aromatic heterocycles. The van der Waals surface area contributed by atoms with E-state index in [1.807, 2.05) is 6.07 Å². The molecule has 1 fully saturated rings. The Kier molecular flexibility index (Phi) is 5.90. The normalized spacial score (nSPS) is 21.5. The molecule has 21 heavy (non-hydrogen) atoms. The molecule has 1 heterocycles.